The number of hydrogen-bond donors (Lipinski definition) is 1. The normalized spacial score (nSPS) is 11.6. The summed E-state index contributed by atoms with van der Waals surface area (Å²) in [6.07, 6.45) is 6.89. The summed E-state index contributed by atoms with van der Waals surface area (Å²) >= 11 is 6.22. The van der Waals surface area contributed by atoms with Crippen molar-refractivity contribution in [2.24, 2.45) is 7.05 Å². The van der Waals surface area contributed by atoms with Crippen molar-refractivity contribution in [3.8, 4) is 0 Å². The number of imidazole rings is 1. The molecular formula is C20H20ClN5O. The second-order valence-corrected chi connectivity index (χ2v) is 6.48. The third kappa shape index (κ3) is 3.57. The summed E-state index contributed by atoms with van der Waals surface area (Å²) in [6, 6.07) is 5.54. The molecule has 0 unspecified atom stereocenters. The Kier molecular flexibility index (Phi) is 5.28. The van der Waals surface area contributed by atoms with Crippen molar-refractivity contribution in [3.63, 3.8) is 0 Å². The molecule has 2 heterocycles. The molecule has 0 spiro atoms. The third-order valence-corrected chi connectivity index (χ3v) is 4.70. The van der Waals surface area contributed by atoms with Gasteiger partial charge in [-0.1, -0.05) is 49.1 Å². The number of halogens is 1. The number of anilines is 2. The minimum Gasteiger partial charge on any atom is -0.328 e. The molecule has 2 aromatic heterocycles. The highest BCUT2D eigenvalue weighted by molar-refractivity contribution is 6.31. The number of rotatable bonds is 6. The van der Waals surface area contributed by atoms with E-state index in [4.69, 9.17) is 11.6 Å². The Morgan fingerprint density at radius 1 is 1.37 bits per heavy atom. The van der Waals surface area contributed by atoms with Gasteiger partial charge in [0.25, 0.3) is 0 Å². The lowest BCUT2D eigenvalue weighted by Gasteiger charge is -2.17. The van der Waals surface area contributed by atoms with Crippen molar-refractivity contribution in [1.29, 1.82) is 0 Å². The van der Waals surface area contributed by atoms with Gasteiger partial charge < -0.3 is 9.88 Å². The average Bonchev–Trinajstić information content (AvgIpc) is 3.03. The quantitative estimate of drug-likeness (QED) is 0.652. The molecule has 0 fully saturated rings. The van der Waals surface area contributed by atoms with Crippen LogP contribution in [0.25, 0.3) is 11.2 Å². The van der Waals surface area contributed by atoms with E-state index in [0.29, 0.717) is 28.7 Å². The van der Waals surface area contributed by atoms with Crippen LogP contribution in [0, 0.1) is 6.92 Å². The number of aryl methyl sites for hydroxylation is 1. The first-order chi connectivity index (χ1) is 13.0. The Morgan fingerprint density at radius 3 is 2.85 bits per heavy atom. The van der Waals surface area contributed by atoms with Gasteiger partial charge in [0.1, 0.15) is 0 Å². The minimum atomic E-state index is -0.351. The Labute approximate surface area is 162 Å². The molecule has 0 aliphatic carbocycles. The molecule has 0 amide bonds. The van der Waals surface area contributed by atoms with E-state index in [1.165, 1.54) is 0 Å². The van der Waals surface area contributed by atoms with Crippen LogP contribution in [-0.2, 0) is 13.6 Å². The molecule has 0 aliphatic heterocycles. The van der Waals surface area contributed by atoms with Gasteiger partial charge in [-0.3, -0.25) is 9.36 Å². The third-order valence-electron chi connectivity index (χ3n) is 4.29. The maximum Gasteiger partial charge on any atom is 0.300 e. The minimum absolute atomic E-state index is 0.351. The molecule has 138 valence electrons. The maximum absolute atomic E-state index is 12.6. The van der Waals surface area contributed by atoms with E-state index in [0.717, 1.165) is 16.8 Å². The van der Waals surface area contributed by atoms with Crippen LogP contribution in [0.2, 0.25) is 5.02 Å². The molecule has 1 aromatic carbocycles. The summed E-state index contributed by atoms with van der Waals surface area (Å²) in [5.74, 6) is 0.383. The van der Waals surface area contributed by atoms with E-state index < -0.39 is 0 Å². The number of nitrogens with one attached hydrogen (secondary N) is 1. The van der Waals surface area contributed by atoms with Crippen molar-refractivity contribution < 1.29 is 0 Å². The van der Waals surface area contributed by atoms with Gasteiger partial charge in [0, 0.05) is 17.8 Å². The fourth-order valence-corrected chi connectivity index (χ4v) is 2.97. The lowest BCUT2D eigenvalue weighted by atomic mass is 10.2. The van der Waals surface area contributed by atoms with E-state index in [1.54, 1.807) is 30.1 Å². The summed E-state index contributed by atoms with van der Waals surface area (Å²) in [5.41, 5.74) is 3.17. The molecule has 0 radical (unpaired) electrons. The molecule has 1 N–H and O–H groups in total. The van der Waals surface area contributed by atoms with Crippen molar-refractivity contribution in [3.05, 3.63) is 82.4 Å². The summed E-state index contributed by atoms with van der Waals surface area (Å²) in [7, 11) is 1.77. The number of aromatic nitrogens is 4. The van der Waals surface area contributed by atoms with Gasteiger partial charge >= 0.3 is 5.56 Å². The molecule has 0 saturated carbocycles. The van der Waals surface area contributed by atoms with Crippen LogP contribution in [0.4, 0.5) is 11.6 Å². The van der Waals surface area contributed by atoms with Gasteiger partial charge in [-0.05, 0) is 30.2 Å². The van der Waals surface area contributed by atoms with E-state index in [9.17, 15) is 4.79 Å². The fraction of sp³-hybridized carbons (Fsp3) is 0.150. The second kappa shape index (κ2) is 7.63. The second-order valence-electron chi connectivity index (χ2n) is 6.07. The van der Waals surface area contributed by atoms with Gasteiger partial charge in [-0.25, -0.2) is 4.98 Å². The zero-order valence-corrected chi connectivity index (χ0v) is 16.0. The molecule has 27 heavy (non-hydrogen) atoms. The number of benzene rings is 1. The number of nitrogens with zero attached hydrogens (tertiary/aromatic N) is 4. The first-order valence-corrected chi connectivity index (χ1v) is 8.72. The fourth-order valence-electron chi connectivity index (χ4n) is 2.80. The van der Waals surface area contributed by atoms with Gasteiger partial charge in [0.15, 0.2) is 11.2 Å². The molecule has 7 heteroatoms. The molecule has 0 saturated heterocycles. The van der Waals surface area contributed by atoms with Gasteiger partial charge in [0.05, 0.1) is 12.9 Å². The van der Waals surface area contributed by atoms with Crippen LogP contribution in [0.5, 0.6) is 0 Å². The number of allylic oxidation sites excluding steroid dienone is 4. The van der Waals surface area contributed by atoms with E-state index >= 15 is 0 Å². The highest BCUT2D eigenvalue weighted by Crippen LogP contribution is 2.26. The molecule has 3 aromatic rings. The Balaban J connectivity index is 2.21. The van der Waals surface area contributed by atoms with Crippen molar-refractivity contribution in [2.75, 3.05) is 5.32 Å². The molecule has 0 atom stereocenters. The van der Waals surface area contributed by atoms with Crippen LogP contribution in [-0.4, -0.2) is 19.1 Å². The topological polar surface area (TPSA) is 64.7 Å². The highest BCUT2D eigenvalue weighted by Gasteiger charge is 2.16. The van der Waals surface area contributed by atoms with Crippen LogP contribution >= 0.6 is 11.6 Å². The standard InChI is InChI=1S/C20H20ClN5O/c1-5-8-14(6-2)11-26-18-17(25(4)12-22-18)19(27)24-20(26)23-16-10-7-9-15(21)13(16)3/h5-10,12H,1-2,11H2,3-4H3,(H,23,24,27)/b14-8+. The van der Waals surface area contributed by atoms with Crippen molar-refractivity contribution in [2.45, 2.75) is 13.5 Å². The Morgan fingerprint density at radius 2 is 2.15 bits per heavy atom. The summed E-state index contributed by atoms with van der Waals surface area (Å²) in [5, 5.41) is 3.86. The predicted molar refractivity (Wildman–Crippen MR) is 111 cm³/mol. The van der Waals surface area contributed by atoms with Gasteiger partial charge in [-0.2, -0.15) is 4.98 Å². The monoisotopic (exact) mass is 381 g/mol. The molecule has 6 nitrogen and oxygen atoms in total. The first kappa shape index (κ1) is 18.7. The zero-order valence-electron chi connectivity index (χ0n) is 15.2. The maximum atomic E-state index is 12.6. The largest absolute Gasteiger partial charge is 0.328 e. The van der Waals surface area contributed by atoms with Crippen LogP contribution in [0.3, 0.4) is 0 Å². The SMILES string of the molecule is C=C/C=C(\C=C)Cn1c(Nc2cccc(Cl)c2C)nc(=O)c2c1ncn2C. The van der Waals surface area contributed by atoms with Gasteiger partial charge in [-0.15, -0.1) is 0 Å². The summed E-state index contributed by atoms with van der Waals surface area (Å²) in [4.78, 5) is 21.2. The molecule has 3 rings (SSSR count). The predicted octanol–water partition coefficient (Wildman–Crippen LogP) is 4.13. The van der Waals surface area contributed by atoms with Crippen LogP contribution < -0.4 is 10.9 Å². The molecule has 0 aliphatic rings. The Hall–Kier alpha value is -3.12. The zero-order chi connectivity index (χ0) is 19.6. The van der Waals surface area contributed by atoms with Crippen molar-refractivity contribution in [1.82, 2.24) is 19.1 Å². The highest BCUT2D eigenvalue weighted by atomic mass is 35.5. The Bertz CT molecular complexity index is 1120. The smallest absolute Gasteiger partial charge is 0.300 e. The first-order valence-electron chi connectivity index (χ1n) is 8.34. The molecule has 0 bridgehead atoms. The number of fused-ring (bicyclic) bond motifs is 1. The number of hydrogen-bond acceptors (Lipinski definition) is 4. The van der Waals surface area contributed by atoms with Crippen molar-refractivity contribution >= 4 is 34.4 Å². The van der Waals surface area contributed by atoms with Crippen LogP contribution in [0.15, 0.2) is 66.3 Å². The average molecular weight is 382 g/mol. The van der Waals surface area contributed by atoms with E-state index in [2.05, 4.69) is 28.4 Å². The lowest BCUT2D eigenvalue weighted by molar-refractivity contribution is 0.799. The van der Waals surface area contributed by atoms with E-state index in [1.807, 2.05) is 35.8 Å². The molecular weight excluding hydrogens is 362 g/mol. The van der Waals surface area contributed by atoms with Crippen LogP contribution in [0.1, 0.15) is 5.56 Å². The van der Waals surface area contributed by atoms with E-state index in [-0.39, 0.29) is 5.56 Å². The van der Waals surface area contributed by atoms with Gasteiger partial charge in [0.2, 0.25) is 5.95 Å². The lowest BCUT2D eigenvalue weighted by Crippen LogP contribution is -2.20. The summed E-state index contributed by atoms with van der Waals surface area (Å²) < 4.78 is 3.51. The summed E-state index contributed by atoms with van der Waals surface area (Å²) in [6.45, 7) is 9.91.